The number of nitrogens with one attached hydrogen (secondary N) is 1. The van der Waals surface area contributed by atoms with Crippen LogP contribution in [-0.2, 0) is 6.42 Å². The fourth-order valence-corrected chi connectivity index (χ4v) is 4.14. The molecule has 116 valence electrons. The molecule has 0 amide bonds. The minimum atomic E-state index is 0.857. The summed E-state index contributed by atoms with van der Waals surface area (Å²) in [6.07, 6.45) is 11.3. The van der Waals surface area contributed by atoms with Gasteiger partial charge in [0, 0.05) is 6.04 Å². The van der Waals surface area contributed by atoms with Crippen molar-refractivity contribution in [3.8, 4) is 0 Å². The molecule has 0 aliphatic heterocycles. The van der Waals surface area contributed by atoms with E-state index in [1.807, 2.05) is 0 Å². The van der Waals surface area contributed by atoms with E-state index in [1.54, 1.807) is 0 Å². The fourth-order valence-electron chi connectivity index (χ4n) is 4.14. The van der Waals surface area contributed by atoms with Gasteiger partial charge in [-0.3, -0.25) is 0 Å². The molecule has 1 aromatic carbocycles. The summed E-state index contributed by atoms with van der Waals surface area (Å²) in [7, 11) is 0. The minimum absolute atomic E-state index is 0.857. The normalized spacial score (nSPS) is 29.5. The minimum Gasteiger partial charge on any atom is -0.314 e. The third kappa shape index (κ3) is 4.57. The molecule has 21 heavy (non-hydrogen) atoms. The first-order valence-corrected chi connectivity index (χ1v) is 9.12. The van der Waals surface area contributed by atoms with Crippen LogP contribution < -0.4 is 5.32 Å². The van der Waals surface area contributed by atoms with Gasteiger partial charge in [0.25, 0.3) is 0 Å². The summed E-state index contributed by atoms with van der Waals surface area (Å²) < 4.78 is 0. The van der Waals surface area contributed by atoms with Crippen LogP contribution in [0.4, 0.5) is 0 Å². The molecule has 3 atom stereocenters. The number of rotatable bonds is 7. The molecule has 2 fully saturated rings. The molecule has 1 nitrogen and oxygen atoms in total. The third-order valence-corrected chi connectivity index (χ3v) is 5.53. The molecule has 0 radical (unpaired) electrons. The molecule has 1 N–H and O–H groups in total. The van der Waals surface area contributed by atoms with E-state index in [9.17, 15) is 0 Å². The van der Waals surface area contributed by atoms with Gasteiger partial charge in [0.05, 0.1) is 0 Å². The maximum absolute atomic E-state index is 3.79. The van der Waals surface area contributed by atoms with Gasteiger partial charge in [-0.05, 0) is 62.0 Å². The molecule has 0 saturated heterocycles. The van der Waals surface area contributed by atoms with Gasteiger partial charge in [-0.25, -0.2) is 0 Å². The first kappa shape index (κ1) is 15.1. The van der Waals surface area contributed by atoms with E-state index >= 15 is 0 Å². The number of benzene rings is 1. The van der Waals surface area contributed by atoms with E-state index in [1.165, 1.54) is 63.5 Å². The molecule has 2 saturated carbocycles. The average molecular weight is 285 g/mol. The lowest BCUT2D eigenvalue weighted by molar-refractivity contribution is 0.167. The van der Waals surface area contributed by atoms with Crippen molar-refractivity contribution in [2.24, 2.45) is 17.8 Å². The van der Waals surface area contributed by atoms with Crippen LogP contribution in [0, 0.1) is 17.8 Å². The van der Waals surface area contributed by atoms with Crippen molar-refractivity contribution in [2.45, 2.75) is 64.3 Å². The van der Waals surface area contributed by atoms with E-state index in [4.69, 9.17) is 0 Å². The van der Waals surface area contributed by atoms with Crippen LogP contribution in [0.1, 0.15) is 57.4 Å². The molecular weight excluding hydrogens is 254 g/mol. The maximum atomic E-state index is 3.79. The Morgan fingerprint density at radius 1 is 1.00 bits per heavy atom. The zero-order valence-electron chi connectivity index (χ0n) is 13.6. The zero-order valence-corrected chi connectivity index (χ0v) is 13.6. The second-order valence-corrected chi connectivity index (χ2v) is 7.36. The first-order chi connectivity index (χ1) is 10.3. The smallest absolute Gasteiger partial charge is 0.00683 e. The van der Waals surface area contributed by atoms with E-state index in [-0.39, 0.29) is 0 Å². The van der Waals surface area contributed by atoms with Gasteiger partial charge in [-0.1, -0.05) is 56.5 Å². The monoisotopic (exact) mass is 285 g/mol. The van der Waals surface area contributed by atoms with Gasteiger partial charge in [-0.2, -0.15) is 0 Å². The molecule has 0 heterocycles. The Kier molecular flexibility index (Phi) is 5.35. The second-order valence-electron chi connectivity index (χ2n) is 7.36. The maximum Gasteiger partial charge on any atom is 0.00683 e. The Morgan fingerprint density at radius 3 is 2.52 bits per heavy atom. The Hall–Kier alpha value is -0.820. The highest BCUT2D eigenvalue weighted by Crippen LogP contribution is 2.38. The van der Waals surface area contributed by atoms with Gasteiger partial charge >= 0.3 is 0 Å². The Balaban J connectivity index is 1.59. The third-order valence-electron chi connectivity index (χ3n) is 5.53. The summed E-state index contributed by atoms with van der Waals surface area (Å²) in [5.74, 6) is 2.78. The molecule has 1 heteroatoms. The fraction of sp³-hybridized carbons (Fsp3) is 0.700. The van der Waals surface area contributed by atoms with Crippen LogP contribution in [0.5, 0.6) is 0 Å². The predicted molar refractivity (Wildman–Crippen MR) is 90.4 cm³/mol. The van der Waals surface area contributed by atoms with E-state index in [2.05, 4.69) is 42.6 Å². The van der Waals surface area contributed by atoms with Crippen molar-refractivity contribution < 1.29 is 0 Å². The molecule has 1 aromatic rings. The van der Waals surface area contributed by atoms with Crippen molar-refractivity contribution in [3.05, 3.63) is 35.9 Å². The lowest BCUT2D eigenvalue weighted by Crippen LogP contribution is -2.35. The van der Waals surface area contributed by atoms with Gasteiger partial charge in [0.2, 0.25) is 0 Å². The molecule has 0 spiro atoms. The van der Waals surface area contributed by atoms with E-state index in [0.29, 0.717) is 0 Å². The lowest BCUT2D eigenvalue weighted by Gasteiger charge is -2.37. The molecule has 3 unspecified atom stereocenters. The van der Waals surface area contributed by atoms with Gasteiger partial charge in [0.1, 0.15) is 0 Å². The topological polar surface area (TPSA) is 12.0 Å². The van der Waals surface area contributed by atoms with Crippen molar-refractivity contribution in [1.82, 2.24) is 5.32 Å². The van der Waals surface area contributed by atoms with Crippen LogP contribution in [-0.4, -0.2) is 12.6 Å². The van der Waals surface area contributed by atoms with Crippen LogP contribution in [0.25, 0.3) is 0 Å². The molecule has 2 aliphatic rings. The highest BCUT2D eigenvalue weighted by molar-refractivity contribution is 5.15. The van der Waals surface area contributed by atoms with Crippen molar-refractivity contribution in [2.75, 3.05) is 6.54 Å². The van der Waals surface area contributed by atoms with Crippen molar-refractivity contribution >= 4 is 0 Å². The van der Waals surface area contributed by atoms with E-state index in [0.717, 1.165) is 23.8 Å². The summed E-state index contributed by atoms with van der Waals surface area (Å²) in [6, 6.07) is 12.0. The quantitative estimate of drug-likeness (QED) is 0.758. The van der Waals surface area contributed by atoms with E-state index < -0.39 is 0 Å². The number of hydrogen-bond acceptors (Lipinski definition) is 1. The Labute approximate surface area is 130 Å². The standard InChI is InChI=1S/C20H31N/c1-2-6-16-9-10-18(15-21-20-11-12-20)19(13-16)14-17-7-4-3-5-8-17/h3-5,7-8,16,18-21H,2,6,9-15H2,1H3. The molecule has 0 aromatic heterocycles. The summed E-state index contributed by atoms with van der Waals surface area (Å²) in [5.41, 5.74) is 1.54. The Bertz CT molecular complexity index is 409. The highest BCUT2D eigenvalue weighted by Gasteiger charge is 2.31. The van der Waals surface area contributed by atoms with Crippen LogP contribution in [0.2, 0.25) is 0 Å². The first-order valence-electron chi connectivity index (χ1n) is 9.12. The zero-order chi connectivity index (χ0) is 14.5. The van der Waals surface area contributed by atoms with Gasteiger partial charge in [-0.15, -0.1) is 0 Å². The van der Waals surface area contributed by atoms with Gasteiger partial charge < -0.3 is 5.32 Å². The molecule has 0 bridgehead atoms. The van der Waals surface area contributed by atoms with Crippen molar-refractivity contribution in [1.29, 1.82) is 0 Å². The number of hydrogen-bond donors (Lipinski definition) is 1. The average Bonchev–Trinajstić information content (AvgIpc) is 3.32. The van der Waals surface area contributed by atoms with Crippen LogP contribution in [0.3, 0.4) is 0 Å². The highest BCUT2D eigenvalue weighted by atomic mass is 14.9. The van der Waals surface area contributed by atoms with Crippen molar-refractivity contribution in [3.63, 3.8) is 0 Å². The molecular formula is C20H31N. The SMILES string of the molecule is CCCC1CCC(CNC2CC2)C(Cc2ccccc2)C1. The summed E-state index contributed by atoms with van der Waals surface area (Å²) in [6.45, 7) is 3.61. The lowest BCUT2D eigenvalue weighted by atomic mass is 9.70. The molecule has 3 rings (SSSR count). The summed E-state index contributed by atoms with van der Waals surface area (Å²) >= 11 is 0. The summed E-state index contributed by atoms with van der Waals surface area (Å²) in [5, 5.41) is 3.79. The Morgan fingerprint density at radius 2 is 1.81 bits per heavy atom. The predicted octanol–water partition coefficient (Wildman–Crippen LogP) is 4.81. The van der Waals surface area contributed by atoms with Crippen LogP contribution >= 0.6 is 0 Å². The van der Waals surface area contributed by atoms with Gasteiger partial charge in [0.15, 0.2) is 0 Å². The summed E-state index contributed by atoms with van der Waals surface area (Å²) in [4.78, 5) is 0. The molecule has 2 aliphatic carbocycles. The second kappa shape index (κ2) is 7.45. The van der Waals surface area contributed by atoms with Crippen LogP contribution in [0.15, 0.2) is 30.3 Å². The largest absolute Gasteiger partial charge is 0.314 e.